The van der Waals surface area contributed by atoms with E-state index in [9.17, 15) is 4.79 Å². The first-order chi connectivity index (χ1) is 12.7. The molecule has 1 aromatic carbocycles. The van der Waals surface area contributed by atoms with Crippen molar-refractivity contribution in [3.8, 4) is 0 Å². The van der Waals surface area contributed by atoms with Gasteiger partial charge in [-0.15, -0.1) is 11.3 Å². The highest BCUT2D eigenvalue weighted by atomic mass is 32.2. The maximum absolute atomic E-state index is 12.4. The third-order valence-corrected chi connectivity index (χ3v) is 6.05. The number of benzene rings is 1. The third-order valence-electron chi connectivity index (χ3n) is 4.21. The third kappa shape index (κ3) is 3.04. The predicted octanol–water partition coefficient (Wildman–Crippen LogP) is 4.56. The average Bonchev–Trinajstić information content (AvgIpc) is 3.30. The summed E-state index contributed by atoms with van der Waals surface area (Å²) in [6.45, 7) is 2.11. The van der Waals surface area contributed by atoms with Gasteiger partial charge in [0.1, 0.15) is 5.04 Å². The number of nitrogens with one attached hydrogen (secondary N) is 1. The summed E-state index contributed by atoms with van der Waals surface area (Å²) in [5.41, 5.74) is 1.45. The van der Waals surface area contributed by atoms with Crippen molar-refractivity contribution in [3.05, 3.63) is 63.9 Å². The molecule has 0 spiro atoms. The number of aliphatic imine (C=N–C) groups is 1. The minimum Gasteiger partial charge on any atom is -0.282 e. The van der Waals surface area contributed by atoms with Crippen LogP contribution in [0.3, 0.4) is 0 Å². The van der Waals surface area contributed by atoms with Gasteiger partial charge in [0.15, 0.2) is 5.84 Å². The first-order valence-electron chi connectivity index (χ1n) is 8.26. The Kier molecular flexibility index (Phi) is 4.57. The van der Waals surface area contributed by atoms with E-state index in [1.54, 1.807) is 6.08 Å². The van der Waals surface area contributed by atoms with E-state index in [2.05, 4.69) is 29.2 Å². The van der Waals surface area contributed by atoms with Crippen molar-refractivity contribution >= 4 is 51.1 Å². The normalized spacial score (nSPS) is 19.4. The zero-order valence-corrected chi connectivity index (χ0v) is 15.7. The van der Waals surface area contributed by atoms with Crippen LogP contribution in [0, 0.1) is 5.41 Å². The highest BCUT2D eigenvalue weighted by Gasteiger charge is 2.37. The lowest BCUT2D eigenvalue weighted by atomic mass is 9.98. The van der Waals surface area contributed by atoms with Crippen LogP contribution in [-0.4, -0.2) is 27.0 Å². The van der Waals surface area contributed by atoms with Crippen molar-refractivity contribution in [2.45, 2.75) is 19.3 Å². The van der Waals surface area contributed by atoms with Gasteiger partial charge in [0.05, 0.1) is 5.57 Å². The Hall–Kier alpha value is -2.51. The van der Waals surface area contributed by atoms with Crippen LogP contribution >= 0.6 is 23.1 Å². The number of rotatable bonds is 4. The Balaban J connectivity index is 1.67. The Morgan fingerprint density at radius 3 is 2.73 bits per heavy atom. The zero-order chi connectivity index (χ0) is 18.1. The summed E-state index contributed by atoms with van der Waals surface area (Å²) in [4.78, 5) is 17.5. The number of nitrogens with zero attached hydrogens (tertiary/aromatic N) is 3. The molecule has 1 aromatic heterocycles. The van der Waals surface area contributed by atoms with E-state index in [1.165, 1.54) is 33.7 Å². The fourth-order valence-electron chi connectivity index (χ4n) is 2.90. The minimum absolute atomic E-state index is 0.0822. The number of thioether (sulfide) groups is 1. The molecule has 26 heavy (non-hydrogen) atoms. The quantitative estimate of drug-likeness (QED) is 0.791. The second kappa shape index (κ2) is 7.01. The van der Waals surface area contributed by atoms with E-state index in [4.69, 9.17) is 5.41 Å². The minimum atomic E-state index is -0.383. The van der Waals surface area contributed by atoms with Crippen molar-refractivity contribution in [2.75, 3.05) is 0 Å². The molecule has 1 amide bonds. The van der Waals surface area contributed by atoms with Crippen molar-refractivity contribution in [3.63, 3.8) is 0 Å². The molecule has 0 saturated heterocycles. The highest BCUT2D eigenvalue weighted by molar-refractivity contribution is 8.27. The maximum atomic E-state index is 12.4. The second-order valence-electron chi connectivity index (χ2n) is 5.85. The van der Waals surface area contributed by atoms with Crippen LogP contribution in [0.5, 0.6) is 0 Å². The Morgan fingerprint density at radius 2 is 2.04 bits per heavy atom. The van der Waals surface area contributed by atoms with Crippen LogP contribution in [-0.2, 0) is 4.79 Å². The maximum Gasteiger partial charge on any atom is 0.283 e. The summed E-state index contributed by atoms with van der Waals surface area (Å²) in [5.74, 6) is -0.174. The first-order valence-corrected chi connectivity index (χ1v) is 9.95. The number of carbonyl (C=O) groups is 1. The zero-order valence-electron chi connectivity index (χ0n) is 14.0. The molecule has 0 saturated carbocycles. The van der Waals surface area contributed by atoms with E-state index in [-0.39, 0.29) is 23.2 Å². The number of thiophene rings is 1. The average molecular weight is 380 g/mol. The van der Waals surface area contributed by atoms with Gasteiger partial charge in [-0.3, -0.25) is 10.2 Å². The number of carbonyl (C=O) groups excluding carboxylic acids is 1. The van der Waals surface area contributed by atoms with Gasteiger partial charge in [-0.05, 0) is 41.3 Å². The van der Waals surface area contributed by atoms with E-state index >= 15 is 0 Å². The summed E-state index contributed by atoms with van der Waals surface area (Å²) in [5, 5.41) is 17.8. The molecular weight excluding hydrogens is 364 g/mol. The van der Waals surface area contributed by atoms with Crippen LogP contribution in [0.1, 0.15) is 29.7 Å². The molecule has 1 atom stereocenters. The molecule has 5 nitrogen and oxygen atoms in total. The van der Waals surface area contributed by atoms with Gasteiger partial charge in [0.25, 0.3) is 5.91 Å². The molecule has 2 aromatic rings. The van der Waals surface area contributed by atoms with Gasteiger partial charge < -0.3 is 0 Å². The van der Waals surface area contributed by atoms with Crippen molar-refractivity contribution < 1.29 is 4.79 Å². The van der Waals surface area contributed by atoms with Crippen LogP contribution in [0.25, 0.3) is 6.08 Å². The molecule has 7 heteroatoms. The SMILES string of the molecule is CC[C@@H](C1=NN2C(=N)C(=Cc3cccs3)C(=O)N=C2S1)c1ccccc1. The molecular formula is C19H16N4OS2. The van der Waals surface area contributed by atoms with Crippen molar-refractivity contribution in [2.24, 2.45) is 10.1 Å². The number of amides is 1. The Morgan fingerprint density at radius 1 is 1.23 bits per heavy atom. The summed E-state index contributed by atoms with van der Waals surface area (Å²) in [6, 6.07) is 14.0. The van der Waals surface area contributed by atoms with Gasteiger partial charge in [0, 0.05) is 10.8 Å². The molecule has 3 heterocycles. The fraction of sp³-hybridized carbons (Fsp3) is 0.158. The smallest absolute Gasteiger partial charge is 0.282 e. The molecule has 2 aliphatic heterocycles. The topological polar surface area (TPSA) is 68.9 Å². The molecule has 0 aliphatic carbocycles. The number of fused-ring (bicyclic) bond motifs is 1. The van der Waals surface area contributed by atoms with Crippen molar-refractivity contribution in [1.29, 1.82) is 5.41 Å². The molecule has 130 valence electrons. The number of hydrogen-bond acceptors (Lipinski definition) is 5. The predicted molar refractivity (Wildman–Crippen MR) is 109 cm³/mol. The van der Waals surface area contributed by atoms with E-state index in [0.717, 1.165) is 16.3 Å². The first kappa shape index (κ1) is 16.9. The van der Waals surface area contributed by atoms with Gasteiger partial charge in [-0.1, -0.05) is 43.3 Å². The van der Waals surface area contributed by atoms with Gasteiger partial charge >= 0.3 is 0 Å². The molecule has 1 N–H and O–H groups in total. The molecule has 0 fully saturated rings. The van der Waals surface area contributed by atoms with E-state index in [0.29, 0.717) is 5.17 Å². The number of hydrazone groups is 1. The standard InChI is InChI=1S/C19H16N4OS2/c1-2-14(12-7-4-3-5-8-12)18-22-23-16(20)15(11-13-9-6-10-25-13)17(24)21-19(23)26-18/h3-11,14,20H,2H2,1H3/t14-/m1/s1. The number of hydrogen-bond donors (Lipinski definition) is 1. The molecule has 4 rings (SSSR count). The molecule has 0 bridgehead atoms. The summed E-state index contributed by atoms with van der Waals surface area (Å²) in [7, 11) is 0. The monoisotopic (exact) mass is 380 g/mol. The van der Waals surface area contributed by atoms with Crippen LogP contribution in [0.15, 0.2) is 63.5 Å². The lowest BCUT2D eigenvalue weighted by Crippen LogP contribution is -2.35. The van der Waals surface area contributed by atoms with Crippen LogP contribution in [0.4, 0.5) is 0 Å². The highest BCUT2D eigenvalue weighted by Crippen LogP contribution is 2.36. The van der Waals surface area contributed by atoms with Gasteiger partial charge in [-0.25, -0.2) is 0 Å². The molecule has 0 radical (unpaired) electrons. The van der Waals surface area contributed by atoms with Crippen LogP contribution < -0.4 is 0 Å². The summed E-state index contributed by atoms with van der Waals surface area (Å²) < 4.78 is 0. The van der Waals surface area contributed by atoms with Crippen LogP contribution in [0.2, 0.25) is 0 Å². The Bertz CT molecular complexity index is 945. The van der Waals surface area contributed by atoms with Gasteiger partial charge in [0.2, 0.25) is 5.17 Å². The van der Waals surface area contributed by atoms with Crippen molar-refractivity contribution in [1.82, 2.24) is 5.01 Å². The lowest BCUT2D eigenvalue weighted by Gasteiger charge is -2.20. The summed E-state index contributed by atoms with van der Waals surface area (Å²) >= 11 is 2.90. The fourth-order valence-corrected chi connectivity index (χ4v) is 4.66. The van der Waals surface area contributed by atoms with E-state index in [1.807, 2.05) is 35.7 Å². The van der Waals surface area contributed by atoms with E-state index < -0.39 is 0 Å². The lowest BCUT2D eigenvalue weighted by molar-refractivity contribution is -0.114. The summed E-state index contributed by atoms with van der Waals surface area (Å²) in [6.07, 6.45) is 2.60. The largest absolute Gasteiger partial charge is 0.283 e. The molecule has 0 unspecified atom stereocenters. The second-order valence-corrected chi connectivity index (χ2v) is 7.81. The van der Waals surface area contributed by atoms with Gasteiger partial charge in [-0.2, -0.15) is 15.1 Å². The number of amidine groups is 2. The molecule has 2 aliphatic rings. The Labute approximate surface area is 159 Å².